The van der Waals surface area contributed by atoms with Crippen molar-refractivity contribution < 1.29 is 9.59 Å². The van der Waals surface area contributed by atoms with E-state index in [2.05, 4.69) is 25.9 Å². The molecular weight excluding hydrogens is 392 g/mol. The van der Waals surface area contributed by atoms with Gasteiger partial charge >= 0.3 is 6.03 Å². The smallest absolute Gasteiger partial charge is 0.321 e. The summed E-state index contributed by atoms with van der Waals surface area (Å²) >= 11 is 0. The van der Waals surface area contributed by atoms with E-state index >= 15 is 0 Å². The molecule has 0 saturated carbocycles. The highest BCUT2D eigenvalue weighted by molar-refractivity contribution is 6.19. The first-order valence-corrected chi connectivity index (χ1v) is 9.78. The maximum absolute atomic E-state index is 13.1. The van der Waals surface area contributed by atoms with Crippen molar-refractivity contribution in [2.24, 2.45) is 4.99 Å². The van der Waals surface area contributed by atoms with Crippen molar-refractivity contribution in [3.05, 3.63) is 84.2 Å². The number of amides is 3. The maximum Gasteiger partial charge on any atom is 0.321 e. The first-order valence-electron chi connectivity index (χ1n) is 9.78. The molecule has 0 radical (unpaired) electrons. The van der Waals surface area contributed by atoms with E-state index in [1.54, 1.807) is 32.4 Å². The Hall–Kier alpha value is -4.20. The summed E-state index contributed by atoms with van der Waals surface area (Å²) < 4.78 is 0. The molecule has 3 amide bonds. The van der Waals surface area contributed by atoms with Gasteiger partial charge in [0.05, 0.1) is 17.1 Å². The van der Waals surface area contributed by atoms with Crippen LogP contribution in [0.2, 0.25) is 0 Å². The minimum Gasteiger partial charge on any atom is -0.388 e. The van der Waals surface area contributed by atoms with Crippen LogP contribution in [0.25, 0.3) is 0 Å². The Morgan fingerprint density at radius 1 is 1.00 bits per heavy atom. The number of aromatic nitrogens is 1. The zero-order valence-corrected chi connectivity index (χ0v) is 17.2. The molecule has 3 N–H and O–H groups in total. The van der Waals surface area contributed by atoms with E-state index < -0.39 is 12.2 Å². The molecule has 8 nitrogen and oxygen atoms in total. The lowest BCUT2D eigenvalue weighted by Crippen LogP contribution is -2.47. The SMILES string of the molecule is CNc1cccc(NC(=O)N[C@@H]2N=C(c3ccccn3)c3ccccc3N(C)C2=O)c1. The Morgan fingerprint density at radius 3 is 2.55 bits per heavy atom. The van der Waals surface area contributed by atoms with E-state index in [-0.39, 0.29) is 5.91 Å². The van der Waals surface area contributed by atoms with Gasteiger partial charge in [-0.1, -0.05) is 30.3 Å². The van der Waals surface area contributed by atoms with Gasteiger partial charge in [-0.15, -0.1) is 0 Å². The minimum atomic E-state index is -1.11. The number of nitrogens with zero attached hydrogens (tertiary/aromatic N) is 3. The van der Waals surface area contributed by atoms with Crippen LogP contribution in [0.15, 0.2) is 77.9 Å². The second-order valence-electron chi connectivity index (χ2n) is 6.94. The van der Waals surface area contributed by atoms with Crippen LogP contribution < -0.4 is 20.9 Å². The highest BCUT2D eigenvalue weighted by Gasteiger charge is 2.31. The molecule has 8 heteroatoms. The number of aliphatic imine (C=N–C) groups is 1. The number of nitrogens with one attached hydrogen (secondary N) is 3. The fourth-order valence-corrected chi connectivity index (χ4v) is 3.37. The molecule has 1 aliphatic heterocycles. The molecule has 0 unspecified atom stereocenters. The van der Waals surface area contributed by atoms with E-state index in [0.29, 0.717) is 22.8 Å². The summed E-state index contributed by atoms with van der Waals surface area (Å²) in [6.45, 7) is 0. The normalized spacial score (nSPS) is 15.4. The summed E-state index contributed by atoms with van der Waals surface area (Å²) in [5.74, 6) is -0.350. The standard InChI is InChI=1S/C23H22N6O2/c1-24-15-8-7-9-16(14-15)26-23(31)28-21-22(30)29(2)19-12-4-3-10-17(19)20(27-21)18-11-5-6-13-25-18/h3-14,21,24H,1-2H3,(H2,26,28,31)/t21-/m0/s1. The zero-order chi connectivity index (χ0) is 21.8. The molecule has 0 saturated heterocycles. The maximum atomic E-state index is 13.1. The molecule has 4 rings (SSSR count). The van der Waals surface area contributed by atoms with Crippen LogP contribution in [-0.2, 0) is 4.79 Å². The number of benzodiazepines with no additional fused rings is 1. The molecule has 1 aliphatic rings. The molecule has 156 valence electrons. The average molecular weight is 414 g/mol. The lowest BCUT2D eigenvalue weighted by Gasteiger charge is -2.21. The highest BCUT2D eigenvalue weighted by Crippen LogP contribution is 2.26. The van der Waals surface area contributed by atoms with Crippen molar-refractivity contribution in [2.45, 2.75) is 6.17 Å². The third kappa shape index (κ3) is 4.23. The quantitative estimate of drug-likeness (QED) is 0.611. The molecule has 0 spiro atoms. The fraction of sp³-hybridized carbons (Fsp3) is 0.130. The van der Waals surface area contributed by atoms with Crippen molar-refractivity contribution in [1.29, 1.82) is 0 Å². The predicted octanol–water partition coefficient (Wildman–Crippen LogP) is 3.08. The van der Waals surface area contributed by atoms with E-state index in [1.165, 1.54) is 4.90 Å². The fourth-order valence-electron chi connectivity index (χ4n) is 3.37. The van der Waals surface area contributed by atoms with Gasteiger partial charge in [0.15, 0.2) is 0 Å². The van der Waals surface area contributed by atoms with Crippen molar-refractivity contribution in [3.63, 3.8) is 0 Å². The van der Waals surface area contributed by atoms with E-state index in [4.69, 9.17) is 0 Å². The minimum absolute atomic E-state index is 0.350. The summed E-state index contributed by atoms with van der Waals surface area (Å²) in [5, 5.41) is 8.45. The number of anilines is 3. The molecule has 2 heterocycles. The second kappa shape index (κ2) is 8.66. The van der Waals surface area contributed by atoms with Gasteiger partial charge in [-0.2, -0.15) is 0 Å². The summed E-state index contributed by atoms with van der Waals surface area (Å²) in [5.41, 5.74) is 4.07. The van der Waals surface area contributed by atoms with Crippen LogP contribution >= 0.6 is 0 Å². The van der Waals surface area contributed by atoms with Gasteiger partial charge in [0.1, 0.15) is 0 Å². The zero-order valence-electron chi connectivity index (χ0n) is 17.2. The summed E-state index contributed by atoms with van der Waals surface area (Å²) in [7, 11) is 3.46. The molecule has 31 heavy (non-hydrogen) atoms. The summed E-state index contributed by atoms with van der Waals surface area (Å²) in [6, 6.07) is 19.7. The van der Waals surface area contributed by atoms with E-state index in [0.717, 1.165) is 11.3 Å². The second-order valence-corrected chi connectivity index (χ2v) is 6.94. The number of likely N-dealkylation sites (N-methyl/N-ethyl adjacent to an activating group) is 1. The molecular formula is C23H22N6O2. The van der Waals surface area contributed by atoms with Crippen LogP contribution in [0, 0.1) is 0 Å². The number of para-hydroxylation sites is 1. The monoisotopic (exact) mass is 414 g/mol. The van der Waals surface area contributed by atoms with E-state index in [9.17, 15) is 9.59 Å². The number of benzene rings is 2. The number of fused-ring (bicyclic) bond motifs is 1. The van der Waals surface area contributed by atoms with Crippen LogP contribution in [0.5, 0.6) is 0 Å². The Morgan fingerprint density at radius 2 is 1.77 bits per heavy atom. The van der Waals surface area contributed by atoms with E-state index in [1.807, 2.05) is 54.6 Å². The summed E-state index contributed by atoms with van der Waals surface area (Å²) in [6.07, 6.45) is 0.558. The molecule has 3 aromatic rings. The number of hydrogen-bond donors (Lipinski definition) is 3. The lowest BCUT2D eigenvalue weighted by molar-refractivity contribution is -0.119. The van der Waals surface area contributed by atoms with Gasteiger partial charge in [-0.05, 0) is 36.4 Å². The molecule has 0 aliphatic carbocycles. The molecule has 1 atom stereocenters. The Bertz CT molecular complexity index is 1150. The van der Waals surface area contributed by atoms with Crippen molar-refractivity contribution in [2.75, 3.05) is 29.6 Å². The van der Waals surface area contributed by atoms with Crippen LogP contribution in [-0.4, -0.2) is 42.9 Å². The van der Waals surface area contributed by atoms with Crippen molar-refractivity contribution in [3.8, 4) is 0 Å². The third-order valence-electron chi connectivity index (χ3n) is 4.93. The Balaban J connectivity index is 1.66. The third-order valence-corrected chi connectivity index (χ3v) is 4.93. The molecule has 2 aromatic carbocycles. The number of rotatable bonds is 4. The predicted molar refractivity (Wildman–Crippen MR) is 122 cm³/mol. The van der Waals surface area contributed by atoms with Gasteiger partial charge in [-0.3, -0.25) is 9.78 Å². The largest absolute Gasteiger partial charge is 0.388 e. The van der Waals surface area contributed by atoms with Crippen LogP contribution in [0.3, 0.4) is 0 Å². The van der Waals surface area contributed by atoms with Gasteiger partial charge in [0, 0.05) is 37.2 Å². The Labute approximate surface area is 180 Å². The number of carbonyl (C=O) groups is 2. The first kappa shape index (κ1) is 20.1. The number of urea groups is 1. The molecule has 1 aromatic heterocycles. The van der Waals surface area contributed by atoms with Crippen molar-refractivity contribution in [1.82, 2.24) is 10.3 Å². The molecule has 0 bridgehead atoms. The van der Waals surface area contributed by atoms with Crippen LogP contribution in [0.1, 0.15) is 11.3 Å². The van der Waals surface area contributed by atoms with Crippen molar-refractivity contribution >= 4 is 34.7 Å². The van der Waals surface area contributed by atoms with Gasteiger partial charge in [0.2, 0.25) is 6.17 Å². The number of hydrogen-bond acceptors (Lipinski definition) is 5. The first-order chi connectivity index (χ1) is 15.1. The Kier molecular flexibility index (Phi) is 5.61. The van der Waals surface area contributed by atoms with Gasteiger partial charge in [0.25, 0.3) is 5.91 Å². The number of carbonyl (C=O) groups excluding carboxylic acids is 2. The highest BCUT2D eigenvalue weighted by atomic mass is 16.2. The topological polar surface area (TPSA) is 98.7 Å². The lowest BCUT2D eigenvalue weighted by atomic mass is 10.0. The molecule has 0 fully saturated rings. The number of pyridine rings is 1. The van der Waals surface area contributed by atoms with Crippen LogP contribution in [0.4, 0.5) is 21.9 Å². The average Bonchev–Trinajstić information content (AvgIpc) is 2.90. The van der Waals surface area contributed by atoms with Gasteiger partial charge < -0.3 is 20.9 Å². The summed E-state index contributed by atoms with van der Waals surface area (Å²) in [4.78, 5) is 36.3. The van der Waals surface area contributed by atoms with Gasteiger partial charge in [-0.25, -0.2) is 9.79 Å².